The van der Waals surface area contributed by atoms with Crippen molar-refractivity contribution in [3.63, 3.8) is 0 Å². The molecule has 0 spiro atoms. The zero-order valence-corrected chi connectivity index (χ0v) is 9.82. The predicted molar refractivity (Wildman–Crippen MR) is 60.7 cm³/mol. The van der Waals surface area contributed by atoms with Crippen molar-refractivity contribution in [3.8, 4) is 6.07 Å². The van der Waals surface area contributed by atoms with E-state index in [0.717, 1.165) is 37.4 Å². The molecule has 4 nitrogen and oxygen atoms in total. The van der Waals surface area contributed by atoms with Crippen LogP contribution in [-0.4, -0.2) is 15.0 Å². The molecule has 1 aromatic heterocycles. The fourth-order valence-corrected chi connectivity index (χ4v) is 1.89. The van der Waals surface area contributed by atoms with Crippen molar-refractivity contribution >= 4 is 0 Å². The van der Waals surface area contributed by atoms with E-state index in [4.69, 9.17) is 5.26 Å². The Morgan fingerprint density at radius 1 is 1.50 bits per heavy atom. The molecule has 0 aromatic carbocycles. The monoisotopic (exact) mass is 218 g/mol. The Hall–Kier alpha value is -1.37. The number of rotatable bonds is 6. The Bertz CT molecular complexity index is 384. The molecule has 1 aromatic rings. The molecule has 1 saturated carbocycles. The third kappa shape index (κ3) is 2.60. The van der Waals surface area contributed by atoms with Gasteiger partial charge in [0.25, 0.3) is 0 Å². The summed E-state index contributed by atoms with van der Waals surface area (Å²) in [5.41, 5.74) is 2.10. The lowest BCUT2D eigenvalue weighted by Crippen LogP contribution is -2.07. The normalized spacial score (nSPS) is 15.0. The van der Waals surface area contributed by atoms with Crippen LogP contribution < -0.4 is 0 Å². The lowest BCUT2D eigenvalue weighted by atomic mass is 10.1. The Balaban J connectivity index is 2.11. The zero-order chi connectivity index (χ0) is 11.4. The van der Waals surface area contributed by atoms with Crippen molar-refractivity contribution in [3.05, 3.63) is 11.4 Å². The highest BCUT2D eigenvalue weighted by Crippen LogP contribution is 2.33. The van der Waals surface area contributed by atoms with Gasteiger partial charge >= 0.3 is 0 Å². The second-order valence-corrected chi connectivity index (χ2v) is 4.54. The summed E-state index contributed by atoms with van der Waals surface area (Å²) in [6.07, 6.45) is 6.40. The van der Waals surface area contributed by atoms with Gasteiger partial charge < -0.3 is 0 Å². The Labute approximate surface area is 96.3 Å². The molecule has 0 amide bonds. The molecular weight excluding hydrogens is 200 g/mol. The van der Waals surface area contributed by atoms with E-state index >= 15 is 0 Å². The molecule has 0 radical (unpaired) electrons. The van der Waals surface area contributed by atoms with Crippen LogP contribution in [0.25, 0.3) is 0 Å². The highest BCUT2D eigenvalue weighted by atomic mass is 15.4. The van der Waals surface area contributed by atoms with Gasteiger partial charge in [-0.1, -0.05) is 18.6 Å². The van der Waals surface area contributed by atoms with E-state index in [1.165, 1.54) is 18.5 Å². The van der Waals surface area contributed by atoms with Crippen molar-refractivity contribution in [1.82, 2.24) is 15.0 Å². The first-order chi connectivity index (χ1) is 7.85. The zero-order valence-electron chi connectivity index (χ0n) is 9.82. The molecule has 0 N–H and O–H groups in total. The van der Waals surface area contributed by atoms with Crippen molar-refractivity contribution in [1.29, 1.82) is 5.26 Å². The minimum atomic E-state index is 0.397. The number of aryl methyl sites for hydroxylation is 1. The fraction of sp³-hybridized carbons (Fsp3) is 0.750. The third-order valence-corrected chi connectivity index (χ3v) is 3.07. The molecule has 1 aliphatic carbocycles. The summed E-state index contributed by atoms with van der Waals surface area (Å²) in [6, 6.07) is 2.17. The SMILES string of the molecule is CCCCn1nnc(CC#N)c1CC1CC1. The summed E-state index contributed by atoms with van der Waals surface area (Å²) in [4.78, 5) is 0. The number of nitrogens with zero attached hydrogens (tertiary/aromatic N) is 4. The Morgan fingerprint density at radius 3 is 2.94 bits per heavy atom. The molecule has 16 heavy (non-hydrogen) atoms. The molecule has 0 unspecified atom stereocenters. The van der Waals surface area contributed by atoms with Gasteiger partial charge in [0.2, 0.25) is 0 Å². The summed E-state index contributed by atoms with van der Waals surface area (Å²) < 4.78 is 2.01. The summed E-state index contributed by atoms with van der Waals surface area (Å²) in [5.74, 6) is 0.816. The predicted octanol–water partition coefficient (Wildman–Crippen LogP) is 2.10. The molecule has 0 saturated heterocycles. The van der Waals surface area contributed by atoms with Gasteiger partial charge in [-0.2, -0.15) is 5.26 Å². The summed E-state index contributed by atoms with van der Waals surface area (Å²) in [7, 11) is 0. The molecule has 0 aliphatic heterocycles. The van der Waals surface area contributed by atoms with Gasteiger partial charge in [-0.15, -0.1) is 5.10 Å². The van der Waals surface area contributed by atoms with Gasteiger partial charge in [0.1, 0.15) is 0 Å². The molecule has 1 heterocycles. The van der Waals surface area contributed by atoms with Gasteiger partial charge in [-0.3, -0.25) is 0 Å². The van der Waals surface area contributed by atoms with Crippen LogP contribution in [0.3, 0.4) is 0 Å². The van der Waals surface area contributed by atoms with Crippen molar-refractivity contribution in [2.45, 2.75) is 52.0 Å². The third-order valence-electron chi connectivity index (χ3n) is 3.07. The van der Waals surface area contributed by atoms with Gasteiger partial charge in [0, 0.05) is 6.54 Å². The van der Waals surface area contributed by atoms with E-state index in [0.29, 0.717) is 6.42 Å². The first-order valence-corrected chi connectivity index (χ1v) is 6.13. The maximum Gasteiger partial charge on any atom is 0.0999 e. The van der Waals surface area contributed by atoms with Crippen LogP contribution in [0.5, 0.6) is 0 Å². The van der Waals surface area contributed by atoms with E-state index < -0.39 is 0 Å². The van der Waals surface area contributed by atoms with Crippen LogP contribution in [-0.2, 0) is 19.4 Å². The maximum atomic E-state index is 8.75. The Kier molecular flexibility index (Phi) is 3.55. The lowest BCUT2D eigenvalue weighted by Gasteiger charge is -2.05. The second-order valence-electron chi connectivity index (χ2n) is 4.54. The van der Waals surface area contributed by atoms with Gasteiger partial charge in [0.15, 0.2) is 0 Å². The van der Waals surface area contributed by atoms with Gasteiger partial charge in [-0.05, 0) is 31.6 Å². The molecule has 86 valence electrons. The summed E-state index contributed by atoms with van der Waals surface area (Å²) in [6.45, 7) is 3.12. The average Bonchev–Trinajstić information content (AvgIpc) is 3.02. The maximum absolute atomic E-state index is 8.75. The van der Waals surface area contributed by atoms with E-state index in [1.54, 1.807) is 0 Å². The minimum absolute atomic E-state index is 0.397. The molecule has 2 rings (SSSR count). The van der Waals surface area contributed by atoms with Crippen LogP contribution in [0.2, 0.25) is 0 Å². The molecule has 1 fully saturated rings. The van der Waals surface area contributed by atoms with Crippen LogP contribution in [0.1, 0.15) is 44.0 Å². The van der Waals surface area contributed by atoms with E-state index in [9.17, 15) is 0 Å². The molecule has 1 aliphatic rings. The van der Waals surface area contributed by atoms with Crippen LogP contribution in [0.15, 0.2) is 0 Å². The summed E-state index contributed by atoms with van der Waals surface area (Å²) in [5, 5.41) is 17.1. The minimum Gasteiger partial charge on any atom is -0.249 e. The highest BCUT2D eigenvalue weighted by molar-refractivity contribution is 5.16. The summed E-state index contributed by atoms with van der Waals surface area (Å²) >= 11 is 0. The van der Waals surface area contributed by atoms with Gasteiger partial charge in [0.05, 0.1) is 23.9 Å². The number of unbranched alkanes of at least 4 members (excludes halogenated alkanes) is 1. The van der Waals surface area contributed by atoms with Crippen molar-refractivity contribution in [2.24, 2.45) is 5.92 Å². The van der Waals surface area contributed by atoms with Crippen LogP contribution in [0, 0.1) is 17.2 Å². The number of nitriles is 1. The fourth-order valence-electron chi connectivity index (χ4n) is 1.89. The van der Waals surface area contributed by atoms with E-state index in [1.807, 2.05) is 4.68 Å². The first kappa shape index (κ1) is 11.1. The number of hydrogen-bond donors (Lipinski definition) is 0. The van der Waals surface area contributed by atoms with Crippen molar-refractivity contribution < 1.29 is 0 Å². The van der Waals surface area contributed by atoms with E-state index in [-0.39, 0.29) is 0 Å². The van der Waals surface area contributed by atoms with Crippen LogP contribution >= 0.6 is 0 Å². The van der Waals surface area contributed by atoms with Crippen molar-refractivity contribution in [2.75, 3.05) is 0 Å². The number of aromatic nitrogens is 3. The Morgan fingerprint density at radius 2 is 2.31 bits per heavy atom. The molecule has 4 heteroatoms. The molecule has 0 bridgehead atoms. The van der Waals surface area contributed by atoms with E-state index in [2.05, 4.69) is 23.3 Å². The molecule has 0 atom stereocenters. The smallest absolute Gasteiger partial charge is 0.0999 e. The molecular formula is C12H18N4. The topological polar surface area (TPSA) is 54.5 Å². The highest BCUT2D eigenvalue weighted by Gasteiger charge is 2.25. The number of hydrogen-bond acceptors (Lipinski definition) is 3. The largest absolute Gasteiger partial charge is 0.249 e. The van der Waals surface area contributed by atoms with Crippen LogP contribution in [0.4, 0.5) is 0 Å². The first-order valence-electron chi connectivity index (χ1n) is 6.13. The average molecular weight is 218 g/mol. The standard InChI is InChI=1S/C12H18N4/c1-2-3-8-16-12(9-10-4-5-10)11(6-7-13)14-15-16/h10H,2-6,8-9H2,1H3. The lowest BCUT2D eigenvalue weighted by molar-refractivity contribution is 0.526. The quantitative estimate of drug-likeness (QED) is 0.734. The van der Waals surface area contributed by atoms with Gasteiger partial charge in [-0.25, -0.2) is 4.68 Å². The second kappa shape index (κ2) is 5.11.